The van der Waals surface area contributed by atoms with Gasteiger partial charge in [-0.25, -0.2) is 23.7 Å². The van der Waals surface area contributed by atoms with Crippen LogP contribution in [0.15, 0.2) is 48.8 Å². The number of aromatic nitrogens is 5. The first-order chi connectivity index (χ1) is 15.4. The molecule has 0 aliphatic heterocycles. The summed E-state index contributed by atoms with van der Waals surface area (Å²) in [5, 5.41) is 7.16. The van der Waals surface area contributed by atoms with Crippen LogP contribution in [0.25, 0.3) is 22.3 Å². The van der Waals surface area contributed by atoms with Crippen LogP contribution in [0.3, 0.4) is 0 Å². The van der Waals surface area contributed by atoms with Gasteiger partial charge in [0.15, 0.2) is 11.1 Å². The average molecular weight is 454 g/mol. The maximum absolute atomic E-state index is 12.5. The van der Waals surface area contributed by atoms with Crippen molar-refractivity contribution in [3.05, 3.63) is 60.2 Å². The summed E-state index contributed by atoms with van der Waals surface area (Å²) in [6.07, 6.45) is 1.26. The fraction of sp³-hybridized carbons (Fsp3) is 0.150. The summed E-state index contributed by atoms with van der Waals surface area (Å²) in [4.78, 5) is 33.1. The normalized spacial score (nSPS) is 12.0. The number of carbonyl (C=O) groups is 2. The molecule has 1 amide bonds. The van der Waals surface area contributed by atoms with E-state index >= 15 is 0 Å². The number of fused-ring (bicyclic) bond motifs is 1. The first kappa shape index (κ1) is 21.3. The first-order valence-corrected chi connectivity index (χ1v) is 10.6. The second-order valence-electron chi connectivity index (χ2n) is 6.72. The molecule has 4 rings (SSSR count). The fourth-order valence-corrected chi connectivity index (χ4v) is 3.81. The van der Waals surface area contributed by atoms with Gasteiger partial charge in [-0.1, -0.05) is 18.2 Å². The van der Waals surface area contributed by atoms with Crippen molar-refractivity contribution in [3.63, 3.8) is 0 Å². The van der Waals surface area contributed by atoms with Crippen molar-refractivity contribution in [1.82, 2.24) is 24.3 Å². The highest BCUT2D eigenvalue weighted by Gasteiger charge is 2.20. The van der Waals surface area contributed by atoms with Crippen molar-refractivity contribution in [1.29, 1.82) is 0 Å². The molecule has 1 unspecified atom stereocenters. The summed E-state index contributed by atoms with van der Waals surface area (Å²) in [6.45, 7) is 0. The zero-order valence-electron chi connectivity index (χ0n) is 17.1. The van der Waals surface area contributed by atoms with Crippen LogP contribution in [0.1, 0.15) is 21.0 Å². The molecule has 4 aromatic rings. The molecule has 3 heterocycles. The highest BCUT2D eigenvalue weighted by Crippen LogP contribution is 2.31. The summed E-state index contributed by atoms with van der Waals surface area (Å²) in [5.74, 6) is -1.00. The molecular weight excluding hydrogens is 436 g/mol. The van der Waals surface area contributed by atoms with Gasteiger partial charge in [0.1, 0.15) is 23.7 Å². The van der Waals surface area contributed by atoms with Crippen LogP contribution in [0.4, 0.5) is 5.82 Å². The largest absolute Gasteiger partial charge is 0.465 e. The van der Waals surface area contributed by atoms with Crippen LogP contribution in [0.5, 0.6) is 0 Å². The lowest BCUT2D eigenvalue weighted by atomic mass is 10.0. The molecule has 0 fully saturated rings. The van der Waals surface area contributed by atoms with Gasteiger partial charge >= 0.3 is 5.97 Å². The number of hydrogen-bond donors (Lipinski definition) is 2. The van der Waals surface area contributed by atoms with Gasteiger partial charge < -0.3 is 19.2 Å². The Hall–Kier alpha value is -3.90. The maximum Gasteiger partial charge on any atom is 0.338 e. The molecule has 0 spiro atoms. The minimum Gasteiger partial charge on any atom is -0.465 e. The van der Waals surface area contributed by atoms with Crippen molar-refractivity contribution in [2.75, 3.05) is 12.4 Å². The van der Waals surface area contributed by atoms with Gasteiger partial charge in [0, 0.05) is 18.0 Å². The molecule has 0 saturated carbocycles. The number of benzene rings is 1. The Morgan fingerprint density at radius 2 is 2.00 bits per heavy atom. The van der Waals surface area contributed by atoms with E-state index in [-0.39, 0.29) is 17.5 Å². The number of methoxy groups -OCH3 is 1. The number of esters is 1. The van der Waals surface area contributed by atoms with Crippen LogP contribution < -0.4 is 5.32 Å². The Balaban J connectivity index is 1.82. The molecule has 11 nitrogen and oxygen atoms in total. The number of nitrogens with one attached hydrogen (secondary N) is 1. The average Bonchev–Trinajstić information content (AvgIpc) is 3.36. The van der Waals surface area contributed by atoms with Crippen LogP contribution in [0.2, 0.25) is 0 Å². The molecule has 12 heteroatoms. The van der Waals surface area contributed by atoms with Gasteiger partial charge in [-0.05, 0) is 24.3 Å². The number of rotatable bonds is 6. The molecule has 0 saturated heterocycles. The van der Waals surface area contributed by atoms with Gasteiger partial charge in [0.2, 0.25) is 5.82 Å². The number of pyridine rings is 1. The lowest BCUT2D eigenvalue weighted by molar-refractivity contribution is 0.0601. The molecule has 1 aromatic carbocycles. The Labute approximate surface area is 184 Å². The maximum atomic E-state index is 12.5. The third-order valence-electron chi connectivity index (χ3n) is 4.75. The van der Waals surface area contributed by atoms with Crippen LogP contribution in [0, 0.1) is 0 Å². The smallest absolute Gasteiger partial charge is 0.338 e. The molecule has 1 atom stereocenters. The third kappa shape index (κ3) is 4.00. The van der Waals surface area contributed by atoms with Crippen molar-refractivity contribution in [2.24, 2.45) is 7.05 Å². The Morgan fingerprint density at radius 1 is 1.22 bits per heavy atom. The second kappa shape index (κ2) is 8.69. The Morgan fingerprint density at radius 3 is 2.69 bits per heavy atom. The highest BCUT2D eigenvalue weighted by atomic mass is 32.2. The van der Waals surface area contributed by atoms with E-state index in [1.807, 2.05) is 0 Å². The molecule has 3 aromatic heterocycles. The predicted molar refractivity (Wildman–Crippen MR) is 116 cm³/mol. The van der Waals surface area contributed by atoms with E-state index < -0.39 is 23.0 Å². The van der Waals surface area contributed by atoms with Crippen LogP contribution in [-0.4, -0.2) is 52.1 Å². The lowest BCUT2D eigenvalue weighted by Gasteiger charge is -2.12. The van der Waals surface area contributed by atoms with Gasteiger partial charge in [0.05, 0.1) is 18.4 Å². The number of hydrogen-bond acceptors (Lipinski definition) is 7. The second-order valence-corrected chi connectivity index (χ2v) is 7.62. The standard InChI is InChI=1S/C20H18N6O5S/c1-25-18(21-10-22-25)19(27)24-16-8-7-12-9-15(26(11-32(29)30)17(12)23-16)13-5-3-4-6-14(13)20(28)31-2/h3-10H,11H2,1-2H3,(H,29,30)(H,23,24,27). The molecule has 0 aliphatic rings. The Bertz CT molecular complexity index is 1360. The van der Waals surface area contributed by atoms with E-state index in [0.29, 0.717) is 27.9 Å². The van der Waals surface area contributed by atoms with E-state index in [9.17, 15) is 18.4 Å². The summed E-state index contributed by atoms with van der Waals surface area (Å²) in [7, 11) is 2.87. The zero-order chi connectivity index (χ0) is 22.8. The number of nitrogens with zero attached hydrogens (tertiary/aromatic N) is 5. The first-order valence-electron chi connectivity index (χ1n) is 9.30. The van der Waals surface area contributed by atoms with Crippen molar-refractivity contribution in [3.8, 4) is 11.3 Å². The highest BCUT2D eigenvalue weighted by molar-refractivity contribution is 7.78. The van der Waals surface area contributed by atoms with Gasteiger partial charge in [-0.15, -0.1) is 0 Å². The van der Waals surface area contributed by atoms with E-state index in [2.05, 4.69) is 20.4 Å². The molecule has 0 aliphatic carbocycles. The predicted octanol–water partition coefficient (Wildman–Crippen LogP) is 2.05. The van der Waals surface area contributed by atoms with Crippen molar-refractivity contribution >= 4 is 39.8 Å². The topological polar surface area (TPSA) is 141 Å². The van der Waals surface area contributed by atoms with E-state index in [1.165, 1.54) is 22.7 Å². The molecule has 0 bridgehead atoms. The number of anilines is 1. The summed E-state index contributed by atoms with van der Waals surface area (Å²) in [5.41, 5.74) is 1.69. The summed E-state index contributed by atoms with van der Waals surface area (Å²) in [6, 6.07) is 11.9. The van der Waals surface area contributed by atoms with E-state index in [0.717, 1.165) is 0 Å². The molecule has 2 N–H and O–H groups in total. The van der Waals surface area contributed by atoms with E-state index in [1.54, 1.807) is 49.5 Å². The fourth-order valence-electron chi connectivity index (χ4n) is 3.33. The van der Waals surface area contributed by atoms with Crippen molar-refractivity contribution < 1.29 is 23.1 Å². The summed E-state index contributed by atoms with van der Waals surface area (Å²) >= 11 is -2.20. The zero-order valence-corrected chi connectivity index (χ0v) is 17.9. The number of amides is 1. The van der Waals surface area contributed by atoms with Crippen LogP contribution >= 0.6 is 0 Å². The SMILES string of the molecule is COC(=O)c1ccccc1-c1cc2ccc(NC(=O)c3ncnn3C)nc2n1CS(=O)O. The van der Waals surface area contributed by atoms with Gasteiger partial charge in [0.25, 0.3) is 5.91 Å². The Kier molecular flexibility index (Phi) is 5.79. The molecule has 32 heavy (non-hydrogen) atoms. The number of ether oxygens (including phenoxy) is 1. The van der Waals surface area contributed by atoms with E-state index in [4.69, 9.17) is 4.74 Å². The minimum atomic E-state index is -2.20. The molecule has 0 radical (unpaired) electrons. The summed E-state index contributed by atoms with van der Waals surface area (Å²) < 4.78 is 29.0. The number of aryl methyl sites for hydroxylation is 1. The van der Waals surface area contributed by atoms with Gasteiger partial charge in [-0.2, -0.15) is 5.10 Å². The van der Waals surface area contributed by atoms with Gasteiger partial charge in [-0.3, -0.25) is 4.79 Å². The number of carbonyl (C=O) groups excluding carboxylic acids is 2. The van der Waals surface area contributed by atoms with Crippen molar-refractivity contribution in [2.45, 2.75) is 5.88 Å². The lowest BCUT2D eigenvalue weighted by Crippen LogP contribution is -2.18. The minimum absolute atomic E-state index is 0.103. The molecular formula is C20H18N6O5S. The quantitative estimate of drug-likeness (QED) is 0.333. The molecule has 164 valence electrons. The third-order valence-corrected chi connectivity index (χ3v) is 5.23. The monoisotopic (exact) mass is 454 g/mol. The van der Waals surface area contributed by atoms with Crippen LogP contribution in [-0.2, 0) is 28.7 Å².